The van der Waals surface area contributed by atoms with Crippen molar-refractivity contribution in [1.82, 2.24) is 19.8 Å². The van der Waals surface area contributed by atoms with Crippen LogP contribution in [0.1, 0.15) is 36.5 Å². The molecule has 148 valence electrons. The highest BCUT2D eigenvalue weighted by atomic mass is 19.1. The van der Waals surface area contributed by atoms with Crippen molar-refractivity contribution in [2.24, 2.45) is 0 Å². The van der Waals surface area contributed by atoms with E-state index in [1.807, 2.05) is 6.92 Å². The Bertz CT molecular complexity index is 871. The van der Waals surface area contributed by atoms with Crippen LogP contribution in [-0.2, 0) is 4.79 Å². The lowest BCUT2D eigenvalue weighted by Gasteiger charge is -2.39. The number of halogens is 1. The van der Waals surface area contributed by atoms with Crippen LogP contribution in [0.3, 0.4) is 0 Å². The topological polar surface area (TPSA) is 92.4 Å². The first kappa shape index (κ1) is 19.7. The Kier molecular flexibility index (Phi) is 5.87. The molecule has 2 aromatic rings. The number of carbonyl (C=O) groups is 2. The number of benzene rings is 1. The van der Waals surface area contributed by atoms with Crippen molar-refractivity contribution >= 4 is 17.6 Å². The van der Waals surface area contributed by atoms with Crippen molar-refractivity contribution in [2.75, 3.05) is 25.9 Å². The second-order valence-electron chi connectivity index (χ2n) is 6.97. The maximum Gasteiger partial charge on any atom is 0.254 e. The molecule has 2 N–H and O–H groups in total. The van der Waals surface area contributed by atoms with Crippen LogP contribution < -0.4 is 5.73 Å². The molecule has 8 heteroatoms. The number of carbonyl (C=O) groups excluding carboxylic acids is 2. The van der Waals surface area contributed by atoms with Gasteiger partial charge in [0.05, 0.1) is 18.1 Å². The summed E-state index contributed by atoms with van der Waals surface area (Å²) in [6, 6.07) is 3.54. The zero-order chi connectivity index (χ0) is 20.3. The minimum absolute atomic E-state index is 0.0749. The van der Waals surface area contributed by atoms with Crippen LogP contribution in [0.25, 0.3) is 11.3 Å². The molecule has 2 heterocycles. The molecule has 1 saturated heterocycles. The second-order valence-corrected chi connectivity index (χ2v) is 6.97. The highest BCUT2D eigenvalue weighted by Gasteiger charge is 2.36. The number of nitrogens with two attached hydrogens (primary N) is 1. The molecular weight excluding hydrogens is 361 g/mol. The quantitative estimate of drug-likeness (QED) is 0.853. The zero-order valence-corrected chi connectivity index (χ0v) is 16.1. The second kappa shape index (κ2) is 8.33. The first-order valence-electron chi connectivity index (χ1n) is 9.35. The number of anilines is 1. The van der Waals surface area contributed by atoms with Gasteiger partial charge >= 0.3 is 0 Å². The third-order valence-electron chi connectivity index (χ3n) is 4.92. The summed E-state index contributed by atoms with van der Waals surface area (Å²) in [4.78, 5) is 37.0. The summed E-state index contributed by atoms with van der Waals surface area (Å²) >= 11 is 0. The van der Waals surface area contributed by atoms with Crippen molar-refractivity contribution in [1.29, 1.82) is 0 Å². The Balaban J connectivity index is 1.92. The highest BCUT2D eigenvalue weighted by Crippen LogP contribution is 2.24. The molecule has 0 radical (unpaired) electrons. The predicted octanol–water partition coefficient (Wildman–Crippen LogP) is 2.34. The maximum absolute atomic E-state index is 14.2. The van der Waals surface area contributed by atoms with Crippen LogP contribution >= 0.6 is 0 Å². The van der Waals surface area contributed by atoms with Gasteiger partial charge in [-0.1, -0.05) is 19.8 Å². The normalized spacial score (nSPS) is 17.1. The van der Waals surface area contributed by atoms with E-state index >= 15 is 0 Å². The van der Waals surface area contributed by atoms with E-state index < -0.39 is 11.9 Å². The molecule has 0 saturated carbocycles. The molecule has 1 aromatic heterocycles. The van der Waals surface area contributed by atoms with Gasteiger partial charge < -0.3 is 15.5 Å². The largest absolute Gasteiger partial charge is 0.382 e. The van der Waals surface area contributed by atoms with E-state index in [9.17, 15) is 14.0 Å². The van der Waals surface area contributed by atoms with Gasteiger partial charge in [0.1, 0.15) is 17.7 Å². The molecule has 0 bridgehead atoms. The Morgan fingerprint density at radius 1 is 1.25 bits per heavy atom. The molecule has 0 spiro atoms. The number of hydrogen-bond donors (Lipinski definition) is 1. The first-order chi connectivity index (χ1) is 13.4. The third kappa shape index (κ3) is 4.11. The molecule has 2 amide bonds. The number of amides is 2. The van der Waals surface area contributed by atoms with Crippen LogP contribution in [-0.4, -0.2) is 57.8 Å². The van der Waals surface area contributed by atoms with Gasteiger partial charge in [0.25, 0.3) is 5.91 Å². The number of unbranched alkanes of at least 4 members (excludes halogenated alkanes) is 1. The lowest BCUT2D eigenvalue weighted by atomic mass is 10.0. The van der Waals surface area contributed by atoms with Crippen molar-refractivity contribution in [2.45, 2.75) is 32.2 Å². The Hall–Kier alpha value is -3.03. The minimum atomic E-state index is -0.551. The summed E-state index contributed by atoms with van der Waals surface area (Å²) in [6.07, 6.45) is 5.17. The molecule has 0 aliphatic carbocycles. The number of nitrogen functional groups attached to an aromatic ring is 1. The van der Waals surface area contributed by atoms with Crippen molar-refractivity contribution in [3.8, 4) is 11.3 Å². The van der Waals surface area contributed by atoms with Gasteiger partial charge in [-0.2, -0.15) is 0 Å². The number of aromatic nitrogens is 2. The molecule has 3 rings (SSSR count). The van der Waals surface area contributed by atoms with Gasteiger partial charge in [0.15, 0.2) is 0 Å². The highest BCUT2D eigenvalue weighted by molar-refractivity contribution is 5.99. The van der Waals surface area contributed by atoms with Gasteiger partial charge in [0.2, 0.25) is 5.91 Å². The molecule has 1 unspecified atom stereocenters. The van der Waals surface area contributed by atoms with Gasteiger partial charge in [-0.25, -0.2) is 9.37 Å². The molecule has 7 nitrogen and oxygen atoms in total. The van der Waals surface area contributed by atoms with Crippen LogP contribution in [0.2, 0.25) is 0 Å². The van der Waals surface area contributed by atoms with E-state index in [1.54, 1.807) is 22.9 Å². The molecule has 1 aromatic carbocycles. The van der Waals surface area contributed by atoms with Gasteiger partial charge in [-0.3, -0.25) is 14.6 Å². The minimum Gasteiger partial charge on any atom is -0.382 e. The maximum atomic E-state index is 14.2. The fourth-order valence-corrected chi connectivity index (χ4v) is 3.35. The summed E-state index contributed by atoms with van der Waals surface area (Å²) in [5.41, 5.74) is 6.58. The number of nitrogens with zero attached hydrogens (tertiary/aromatic N) is 4. The van der Waals surface area contributed by atoms with Crippen molar-refractivity contribution in [3.05, 3.63) is 42.0 Å². The summed E-state index contributed by atoms with van der Waals surface area (Å²) in [7, 11) is 1.74. The average molecular weight is 385 g/mol. The first-order valence-corrected chi connectivity index (χ1v) is 9.35. The molecule has 1 atom stereocenters. The van der Waals surface area contributed by atoms with E-state index in [0.29, 0.717) is 30.8 Å². The van der Waals surface area contributed by atoms with E-state index in [1.165, 1.54) is 24.5 Å². The fraction of sp³-hybridized carbons (Fsp3) is 0.400. The summed E-state index contributed by atoms with van der Waals surface area (Å²) in [5.74, 6) is -0.725. The lowest BCUT2D eigenvalue weighted by molar-refractivity contribution is -0.138. The number of hydrogen-bond acceptors (Lipinski definition) is 5. The number of piperazine rings is 1. The third-order valence-corrected chi connectivity index (χ3v) is 4.92. The molecular formula is C20H24FN5O2. The zero-order valence-electron chi connectivity index (χ0n) is 16.1. The SMILES string of the molecule is CCCCC1C(=O)N(C)CCN1C(=O)c1cc(F)cc(-c2cnc(N)cn2)c1. The van der Waals surface area contributed by atoms with E-state index in [-0.39, 0.29) is 23.2 Å². The number of rotatable bonds is 5. The molecule has 1 fully saturated rings. The summed E-state index contributed by atoms with van der Waals surface area (Å²) in [6.45, 7) is 2.91. The predicted molar refractivity (Wildman–Crippen MR) is 104 cm³/mol. The van der Waals surface area contributed by atoms with Crippen molar-refractivity contribution in [3.63, 3.8) is 0 Å². The van der Waals surface area contributed by atoms with Crippen LogP contribution in [0, 0.1) is 5.82 Å². The van der Waals surface area contributed by atoms with E-state index in [4.69, 9.17) is 5.73 Å². The summed E-state index contributed by atoms with van der Waals surface area (Å²) in [5, 5.41) is 0. The van der Waals surface area contributed by atoms with E-state index in [2.05, 4.69) is 9.97 Å². The summed E-state index contributed by atoms with van der Waals surface area (Å²) < 4.78 is 14.2. The molecule has 28 heavy (non-hydrogen) atoms. The lowest BCUT2D eigenvalue weighted by Crippen LogP contribution is -2.57. The van der Waals surface area contributed by atoms with Crippen molar-refractivity contribution < 1.29 is 14.0 Å². The van der Waals surface area contributed by atoms with Crippen LogP contribution in [0.15, 0.2) is 30.6 Å². The number of likely N-dealkylation sites (N-methyl/N-ethyl adjacent to an activating group) is 1. The monoisotopic (exact) mass is 385 g/mol. The fourth-order valence-electron chi connectivity index (χ4n) is 3.35. The Morgan fingerprint density at radius 2 is 2.04 bits per heavy atom. The van der Waals surface area contributed by atoms with Crippen LogP contribution in [0.4, 0.5) is 10.2 Å². The van der Waals surface area contributed by atoms with Gasteiger partial charge in [0, 0.05) is 31.3 Å². The Morgan fingerprint density at radius 3 is 2.71 bits per heavy atom. The average Bonchev–Trinajstić information content (AvgIpc) is 2.68. The molecule has 1 aliphatic rings. The smallest absolute Gasteiger partial charge is 0.254 e. The van der Waals surface area contributed by atoms with Gasteiger partial charge in [-0.05, 0) is 24.6 Å². The standard InChI is InChI=1S/C20H24FN5O2/c1-3-4-5-17-20(28)25(2)6-7-26(17)19(27)14-8-13(9-15(21)10-14)16-11-24-18(22)12-23-16/h8-12,17H,3-7H2,1-2H3,(H2,22,24). The van der Waals surface area contributed by atoms with E-state index in [0.717, 1.165) is 12.8 Å². The Labute approximate surface area is 163 Å². The van der Waals surface area contributed by atoms with Gasteiger partial charge in [-0.15, -0.1) is 0 Å². The van der Waals surface area contributed by atoms with Crippen LogP contribution in [0.5, 0.6) is 0 Å². The molecule has 1 aliphatic heterocycles.